The quantitative estimate of drug-likeness (QED) is 0.456. The zero-order valence-electron chi connectivity index (χ0n) is 14.3. The van der Waals surface area contributed by atoms with Gasteiger partial charge in [-0.3, -0.25) is 4.79 Å². The van der Waals surface area contributed by atoms with Gasteiger partial charge in [0.25, 0.3) is 0 Å². The van der Waals surface area contributed by atoms with Crippen molar-refractivity contribution in [3.05, 3.63) is 90.2 Å². The summed E-state index contributed by atoms with van der Waals surface area (Å²) in [7, 11) is 0. The Labute approximate surface area is 160 Å². The first-order valence-corrected chi connectivity index (χ1v) is 9.30. The molecule has 0 fully saturated rings. The van der Waals surface area contributed by atoms with Gasteiger partial charge in [0.1, 0.15) is 10.8 Å². The number of furan rings is 1. The van der Waals surface area contributed by atoms with E-state index in [9.17, 15) is 4.79 Å². The molecule has 2 aromatic heterocycles. The third-order valence-electron chi connectivity index (χ3n) is 3.89. The van der Waals surface area contributed by atoms with Crippen molar-refractivity contribution in [1.82, 2.24) is 4.98 Å². The summed E-state index contributed by atoms with van der Waals surface area (Å²) in [5, 5.41) is 5.86. The highest BCUT2D eigenvalue weighted by Gasteiger charge is 2.07. The number of carbonyl (C=O) groups is 1. The first kappa shape index (κ1) is 17.0. The number of rotatable bonds is 5. The van der Waals surface area contributed by atoms with Crippen LogP contribution in [0.5, 0.6) is 0 Å². The van der Waals surface area contributed by atoms with Crippen molar-refractivity contribution >= 4 is 29.0 Å². The van der Waals surface area contributed by atoms with Crippen LogP contribution < -0.4 is 5.32 Å². The van der Waals surface area contributed by atoms with E-state index in [2.05, 4.69) is 5.32 Å². The maximum absolute atomic E-state index is 12.1. The first-order valence-electron chi connectivity index (χ1n) is 8.42. The fraction of sp³-hybridized carbons (Fsp3) is 0. The highest BCUT2D eigenvalue weighted by molar-refractivity contribution is 7.13. The minimum atomic E-state index is -0.216. The molecule has 4 rings (SSSR count). The van der Waals surface area contributed by atoms with Gasteiger partial charge in [0.2, 0.25) is 5.91 Å². The van der Waals surface area contributed by atoms with Gasteiger partial charge in [0.15, 0.2) is 0 Å². The highest BCUT2D eigenvalue weighted by atomic mass is 32.1. The molecular weight excluding hydrogens is 356 g/mol. The van der Waals surface area contributed by atoms with Gasteiger partial charge in [-0.05, 0) is 30.3 Å². The van der Waals surface area contributed by atoms with E-state index in [1.807, 2.05) is 60.0 Å². The van der Waals surface area contributed by atoms with Crippen molar-refractivity contribution in [2.24, 2.45) is 0 Å². The van der Waals surface area contributed by atoms with Gasteiger partial charge in [0, 0.05) is 28.3 Å². The predicted octanol–water partition coefficient (Wildman–Crippen LogP) is 5.72. The lowest BCUT2D eigenvalue weighted by Gasteiger charge is -2.04. The molecule has 0 saturated carbocycles. The van der Waals surface area contributed by atoms with E-state index in [0.29, 0.717) is 5.76 Å². The fourth-order valence-electron chi connectivity index (χ4n) is 2.60. The number of amides is 1. The lowest BCUT2D eigenvalue weighted by atomic mass is 10.1. The number of carbonyl (C=O) groups excluding carboxylic acids is 1. The lowest BCUT2D eigenvalue weighted by Crippen LogP contribution is -2.07. The second-order valence-corrected chi connectivity index (χ2v) is 6.68. The van der Waals surface area contributed by atoms with Crippen molar-refractivity contribution in [2.75, 3.05) is 5.32 Å². The summed E-state index contributed by atoms with van der Waals surface area (Å²) in [6.07, 6.45) is 4.65. The SMILES string of the molecule is O=C(/C=C/c1ccco1)Nc1cccc(-c2csc(-c3ccccc3)n2)c1. The first-order chi connectivity index (χ1) is 13.3. The molecule has 0 saturated heterocycles. The van der Waals surface area contributed by atoms with Crippen LogP contribution in [0.15, 0.2) is 88.9 Å². The second kappa shape index (κ2) is 7.85. The van der Waals surface area contributed by atoms with Crippen LogP contribution in [0, 0.1) is 0 Å². The summed E-state index contributed by atoms with van der Waals surface area (Å²) < 4.78 is 5.18. The van der Waals surface area contributed by atoms with E-state index in [4.69, 9.17) is 9.40 Å². The molecule has 4 nitrogen and oxygen atoms in total. The molecule has 0 spiro atoms. The second-order valence-electron chi connectivity index (χ2n) is 5.82. The average Bonchev–Trinajstić information content (AvgIpc) is 3.39. The Hall–Kier alpha value is -3.44. The topological polar surface area (TPSA) is 55.1 Å². The maximum Gasteiger partial charge on any atom is 0.248 e. The highest BCUT2D eigenvalue weighted by Crippen LogP contribution is 2.29. The molecule has 0 aliphatic rings. The van der Waals surface area contributed by atoms with Gasteiger partial charge >= 0.3 is 0 Å². The Morgan fingerprint density at radius 3 is 2.67 bits per heavy atom. The summed E-state index contributed by atoms with van der Waals surface area (Å²) in [5.74, 6) is 0.418. The molecule has 4 aromatic rings. The zero-order valence-corrected chi connectivity index (χ0v) is 15.1. The van der Waals surface area contributed by atoms with Crippen molar-refractivity contribution < 1.29 is 9.21 Å². The van der Waals surface area contributed by atoms with Crippen LogP contribution in [0.4, 0.5) is 5.69 Å². The van der Waals surface area contributed by atoms with Crippen LogP contribution in [0.3, 0.4) is 0 Å². The number of nitrogens with zero attached hydrogens (tertiary/aromatic N) is 1. The Morgan fingerprint density at radius 1 is 1.00 bits per heavy atom. The molecule has 0 bridgehead atoms. The van der Waals surface area contributed by atoms with Gasteiger partial charge < -0.3 is 9.73 Å². The van der Waals surface area contributed by atoms with E-state index >= 15 is 0 Å². The monoisotopic (exact) mass is 372 g/mol. The molecule has 0 unspecified atom stereocenters. The van der Waals surface area contributed by atoms with Crippen molar-refractivity contribution in [2.45, 2.75) is 0 Å². The van der Waals surface area contributed by atoms with Crippen LogP contribution in [0.2, 0.25) is 0 Å². The summed E-state index contributed by atoms with van der Waals surface area (Å²) in [5.41, 5.74) is 3.67. The van der Waals surface area contributed by atoms with E-state index < -0.39 is 0 Å². The molecule has 5 heteroatoms. The van der Waals surface area contributed by atoms with Gasteiger partial charge in [-0.25, -0.2) is 4.98 Å². The molecule has 0 aliphatic carbocycles. The van der Waals surface area contributed by atoms with Gasteiger partial charge in [-0.15, -0.1) is 11.3 Å². The third kappa shape index (κ3) is 4.22. The Morgan fingerprint density at radius 2 is 1.85 bits per heavy atom. The van der Waals surface area contributed by atoms with Crippen molar-refractivity contribution in [3.8, 4) is 21.8 Å². The summed E-state index contributed by atoms with van der Waals surface area (Å²) in [6.45, 7) is 0. The molecule has 0 aliphatic heterocycles. The molecule has 27 heavy (non-hydrogen) atoms. The molecule has 132 valence electrons. The molecule has 2 aromatic carbocycles. The number of hydrogen-bond acceptors (Lipinski definition) is 4. The largest absolute Gasteiger partial charge is 0.465 e. The third-order valence-corrected chi connectivity index (χ3v) is 4.78. The number of benzene rings is 2. The molecule has 1 amide bonds. The van der Waals surface area contributed by atoms with E-state index in [0.717, 1.165) is 27.5 Å². The number of nitrogens with one attached hydrogen (secondary N) is 1. The normalized spacial score (nSPS) is 11.0. The molecule has 0 atom stereocenters. The summed E-state index contributed by atoms with van der Waals surface area (Å²) >= 11 is 1.60. The van der Waals surface area contributed by atoms with Gasteiger partial charge in [-0.2, -0.15) is 0 Å². The van der Waals surface area contributed by atoms with E-state index in [1.165, 1.54) is 6.08 Å². The Kier molecular flexibility index (Phi) is 4.94. The molecule has 1 N–H and O–H groups in total. The fourth-order valence-corrected chi connectivity index (χ4v) is 3.44. The van der Waals surface area contributed by atoms with Crippen LogP contribution >= 0.6 is 11.3 Å². The van der Waals surface area contributed by atoms with Crippen molar-refractivity contribution in [1.29, 1.82) is 0 Å². The predicted molar refractivity (Wildman–Crippen MR) is 109 cm³/mol. The average molecular weight is 372 g/mol. The van der Waals surface area contributed by atoms with Crippen LogP contribution in [0.1, 0.15) is 5.76 Å². The molecule has 0 radical (unpaired) electrons. The number of aromatic nitrogens is 1. The Bertz CT molecular complexity index is 1070. The van der Waals surface area contributed by atoms with Gasteiger partial charge in [-0.1, -0.05) is 42.5 Å². The zero-order chi connectivity index (χ0) is 18.5. The van der Waals surface area contributed by atoms with Crippen LogP contribution in [-0.4, -0.2) is 10.9 Å². The molecule has 2 heterocycles. The minimum Gasteiger partial charge on any atom is -0.465 e. The Balaban J connectivity index is 1.49. The van der Waals surface area contributed by atoms with Gasteiger partial charge in [0.05, 0.1) is 12.0 Å². The van der Waals surface area contributed by atoms with Crippen LogP contribution in [-0.2, 0) is 4.79 Å². The van der Waals surface area contributed by atoms with E-state index in [-0.39, 0.29) is 5.91 Å². The summed E-state index contributed by atoms with van der Waals surface area (Å²) in [4.78, 5) is 16.8. The maximum atomic E-state index is 12.1. The summed E-state index contributed by atoms with van der Waals surface area (Å²) in [6, 6.07) is 21.3. The standard InChI is InChI=1S/C22H16N2O2S/c25-21(12-11-19-10-5-13-26-19)23-18-9-4-8-17(14-18)20-15-27-22(24-20)16-6-2-1-3-7-16/h1-15H,(H,23,25)/b12-11+. The van der Waals surface area contributed by atoms with Crippen LogP contribution in [0.25, 0.3) is 27.9 Å². The smallest absolute Gasteiger partial charge is 0.248 e. The number of thiazole rings is 1. The van der Waals surface area contributed by atoms with Crippen molar-refractivity contribution in [3.63, 3.8) is 0 Å². The lowest BCUT2D eigenvalue weighted by molar-refractivity contribution is -0.111. The van der Waals surface area contributed by atoms with E-state index in [1.54, 1.807) is 35.8 Å². The molecular formula is C22H16N2O2S. The number of hydrogen-bond donors (Lipinski definition) is 1. The number of anilines is 1. The minimum absolute atomic E-state index is 0.216.